The Labute approximate surface area is 94.8 Å². The van der Waals surface area contributed by atoms with Crippen LogP contribution in [0.4, 0.5) is 4.39 Å². The van der Waals surface area contributed by atoms with Crippen molar-refractivity contribution in [1.29, 1.82) is 0 Å². The third kappa shape index (κ3) is 2.18. The second kappa shape index (κ2) is 4.80. The zero-order chi connectivity index (χ0) is 11.5. The molecule has 3 N–H and O–H groups in total. The number of hydrogen-bond acceptors (Lipinski definition) is 3. The summed E-state index contributed by atoms with van der Waals surface area (Å²) in [4.78, 5) is 0. The quantitative estimate of drug-likeness (QED) is 0.819. The topological polar surface area (TPSA) is 47.3 Å². The van der Waals surface area contributed by atoms with Gasteiger partial charge < -0.3 is 15.8 Å². The highest BCUT2D eigenvalue weighted by atomic mass is 19.1. The molecule has 0 aliphatic carbocycles. The third-order valence-electron chi connectivity index (χ3n) is 3.08. The zero-order valence-electron chi connectivity index (χ0n) is 9.37. The van der Waals surface area contributed by atoms with Crippen molar-refractivity contribution in [2.24, 2.45) is 5.73 Å². The van der Waals surface area contributed by atoms with Crippen LogP contribution in [0.2, 0.25) is 0 Å². The van der Waals surface area contributed by atoms with E-state index < -0.39 is 0 Å². The molecule has 0 bridgehead atoms. The number of rotatable bonds is 3. The summed E-state index contributed by atoms with van der Waals surface area (Å²) in [5.41, 5.74) is 6.87. The van der Waals surface area contributed by atoms with E-state index in [9.17, 15) is 4.39 Å². The first-order chi connectivity index (χ1) is 7.72. The van der Waals surface area contributed by atoms with Crippen LogP contribution in [0.5, 0.6) is 5.75 Å². The Hall–Kier alpha value is -1.13. The molecule has 1 aliphatic rings. The minimum absolute atomic E-state index is 0.215. The first kappa shape index (κ1) is 11.4. The highest BCUT2D eigenvalue weighted by Crippen LogP contribution is 2.29. The van der Waals surface area contributed by atoms with Gasteiger partial charge in [0, 0.05) is 17.6 Å². The molecule has 0 aromatic heterocycles. The standard InChI is InChI=1S/C12H17FN2O/c1-16-11-5-4-8(13)7-9(11)12(14)10-3-2-6-15-10/h4-5,7,10,12,15H,2-3,6,14H2,1H3. The SMILES string of the molecule is COc1ccc(F)cc1C(N)C1CCCN1. The molecular formula is C12H17FN2O. The largest absolute Gasteiger partial charge is 0.496 e. The number of benzene rings is 1. The van der Waals surface area contributed by atoms with Gasteiger partial charge in [-0.2, -0.15) is 0 Å². The molecule has 0 spiro atoms. The predicted molar refractivity (Wildman–Crippen MR) is 60.9 cm³/mol. The summed E-state index contributed by atoms with van der Waals surface area (Å²) in [6, 6.07) is 4.48. The van der Waals surface area contributed by atoms with E-state index in [1.807, 2.05) is 0 Å². The van der Waals surface area contributed by atoms with E-state index >= 15 is 0 Å². The number of hydrogen-bond donors (Lipinski definition) is 2. The smallest absolute Gasteiger partial charge is 0.123 e. The van der Waals surface area contributed by atoms with E-state index in [-0.39, 0.29) is 17.9 Å². The fraction of sp³-hybridized carbons (Fsp3) is 0.500. The number of nitrogens with one attached hydrogen (secondary N) is 1. The third-order valence-corrected chi connectivity index (χ3v) is 3.08. The summed E-state index contributed by atoms with van der Waals surface area (Å²) in [5.74, 6) is 0.381. The lowest BCUT2D eigenvalue weighted by molar-refractivity contribution is 0.395. The molecule has 0 saturated carbocycles. The van der Waals surface area contributed by atoms with Crippen molar-refractivity contribution in [3.63, 3.8) is 0 Å². The van der Waals surface area contributed by atoms with Gasteiger partial charge in [-0.15, -0.1) is 0 Å². The molecule has 3 nitrogen and oxygen atoms in total. The second-order valence-corrected chi connectivity index (χ2v) is 4.11. The Kier molecular flexibility index (Phi) is 3.41. The Balaban J connectivity index is 2.26. The molecule has 2 rings (SSSR count). The van der Waals surface area contributed by atoms with Crippen LogP contribution in [0, 0.1) is 5.82 Å². The maximum atomic E-state index is 13.2. The fourth-order valence-corrected chi connectivity index (χ4v) is 2.20. The molecule has 2 unspecified atom stereocenters. The van der Waals surface area contributed by atoms with Gasteiger partial charge in [0.25, 0.3) is 0 Å². The van der Waals surface area contributed by atoms with Gasteiger partial charge in [0.2, 0.25) is 0 Å². The molecule has 16 heavy (non-hydrogen) atoms. The highest BCUT2D eigenvalue weighted by Gasteiger charge is 2.25. The van der Waals surface area contributed by atoms with Gasteiger partial charge in [-0.1, -0.05) is 0 Å². The lowest BCUT2D eigenvalue weighted by Gasteiger charge is -2.21. The van der Waals surface area contributed by atoms with Gasteiger partial charge in [0.05, 0.1) is 7.11 Å². The molecule has 1 aliphatic heterocycles. The maximum Gasteiger partial charge on any atom is 0.123 e. The summed E-state index contributed by atoms with van der Waals surface area (Å²) in [7, 11) is 1.57. The van der Waals surface area contributed by atoms with Crippen molar-refractivity contribution in [2.75, 3.05) is 13.7 Å². The minimum atomic E-state index is -0.274. The number of methoxy groups -OCH3 is 1. The van der Waals surface area contributed by atoms with E-state index in [4.69, 9.17) is 10.5 Å². The molecule has 1 fully saturated rings. The van der Waals surface area contributed by atoms with Gasteiger partial charge in [-0.05, 0) is 37.6 Å². The Morgan fingerprint density at radius 3 is 3.00 bits per heavy atom. The van der Waals surface area contributed by atoms with Crippen LogP contribution in [0.15, 0.2) is 18.2 Å². The van der Waals surface area contributed by atoms with Gasteiger partial charge >= 0.3 is 0 Å². The van der Waals surface area contributed by atoms with Crippen LogP contribution in [0.3, 0.4) is 0 Å². The van der Waals surface area contributed by atoms with E-state index in [0.29, 0.717) is 5.75 Å². The lowest BCUT2D eigenvalue weighted by atomic mass is 9.98. The Bertz CT molecular complexity index is 364. The van der Waals surface area contributed by atoms with Crippen LogP contribution in [-0.4, -0.2) is 19.7 Å². The molecule has 1 saturated heterocycles. The zero-order valence-corrected chi connectivity index (χ0v) is 9.37. The summed E-state index contributed by atoms with van der Waals surface area (Å²) in [6.45, 7) is 0.982. The molecule has 88 valence electrons. The van der Waals surface area contributed by atoms with Gasteiger partial charge in [0.15, 0.2) is 0 Å². The summed E-state index contributed by atoms with van der Waals surface area (Å²) in [6.07, 6.45) is 2.15. The first-order valence-electron chi connectivity index (χ1n) is 5.55. The summed E-state index contributed by atoms with van der Waals surface area (Å²) in [5, 5.41) is 3.32. The van der Waals surface area contributed by atoms with Crippen LogP contribution >= 0.6 is 0 Å². The van der Waals surface area contributed by atoms with Crippen molar-refractivity contribution < 1.29 is 9.13 Å². The van der Waals surface area contributed by atoms with E-state index in [1.165, 1.54) is 12.1 Å². The average molecular weight is 224 g/mol. The summed E-state index contributed by atoms with van der Waals surface area (Å²) < 4.78 is 18.4. The number of ether oxygens (including phenoxy) is 1. The maximum absolute atomic E-state index is 13.2. The molecule has 0 amide bonds. The van der Waals surface area contributed by atoms with Crippen LogP contribution in [0.25, 0.3) is 0 Å². The predicted octanol–water partition coefficient (Wildman–Crippen LogP) is 1.59. The highest BCUT2D eigenvalue weighted by molar-refractivity contribution is 5.37. The number of halogens is 1. The van der Waals surface area contributed by atoms with Gasteiger partial charge in [0.1, 0.15) is 11.6 Å². The van der Waals surface area contributed by atoms with E-state index in [0.717, 1.165) is 24.9 Å². The fourth-order valence-electron chi connectivity index (χ4n) is 2.20. The monoisotopic (exact) mass is 224 g/mol. The first-order valence-corrected chi connectivity index (χ1v) is 5.55. The Morgan fingerprint density at radius 1 is 1.56 bits per heavy atom. The molecule has 2 atom stereocenters. The van der Waals surface area contributed by atoms with Crippen LogP contribution in [-0.2, 0) is 0 Å². The van der Waals surface area contributed by atoms with Gasteiger partial charge in [-0.25, -0.2) is 4.39 Å². The van der Waals surface area contributed by atoms with Crippen molar-refractivity contribution >= 4 is 0 Å². The van der Waals surface area contributed by atoms with Crippen molar-refractivity contribution in [3.8, 4) is 5.75 Å². The van der Waals surface area contributed by atoms with Gasteiger partial charge in [-0.3, -0.25) is 0 Å². The van der Waals surface area contributed by atoms with Crippen LogP contribution in [0.1, 0.15) is 24.4 Å². The van der Waals surface area contributed by atoms with Crippen molar-refractivity contribution in [3.05, 3.63) is 29.6 Å². The minimum Gasteiger partial charge on any atom is -0.496 e. The lowest BCUT2D eigenvalue weighted by Crippen LogP contribution is -2.34. The molecule has 4 heteroatoms. The second-order valence-electron chi connectivity index (χ2n) is 4.11. The van der Waals surface area contributed by atoms with E-state index in [2.05, 4.69) is 5.32 Å². The van der Waals surface area contributed by atoms with E-state index in [1.54, 1.807) is 13.2 Å². The average Bonchev–Trinajstić information content (AvgIpc) is 2.81. The molecular weight excluding hydrogens is 207 g/mol. The van der Waals surface area contributed by atoms with Crippen molar-refractivity contribution in [1.82, 2.24) is 5.32 Å². The summed E-state index contributed by atoms with van der Waals surface area (Å²) >= 11 is 0. The molecule has 1 aromatic rings. The molecule has 0 radical (unpaired) electrons. The van der Waals surface area contributed by atoms with Crippen LogP contribution < -0.4 is 15.8 Å². The molecule has 1 aromatic carbocycles. The molecule has 1 heterocycles. The normalized spacial score (nSPS) is 22.1. The number of nitrogens with two attached hydrogens (primary N) is 1. The Morgan fingerprint density at radius 2 is 2.38 bits per heavy atom. The van der Waals surface area contributed by atoms with Crippen molar-refractivity contribution in [2.45, 2.75) is 24.9 Å².